The molecule has 2 heterocycles. The smallest absolute Gasteiger partial charge is 0.258 e. The fraction of sp³-hybridized carbons (Fsp3) is 0.520. The first kappa shape index (κ1) is 20.9. The maximum atomic E-state index is 13.1. The van der Waals surface area contributed by atoms with E-state index in [2.05, 4.69) is 10.6 Å². The number of furan rings is 1. The van der Waals surface area contributed by atoms with Crippen LogP contribution in [0.3, 0.4) is 0 Å². The van der Waals surface area contributed by atoms with Gasteiger partial charge in [0.1, 0.15) is 17.3 Å². The molecular weight excluding hydrogens is 408 g/mol. The van der Waals surface area contributed by atoms with E-state index in [4.69, 9.17) is 13.9 Å². The molecule has 1 aromatic heterocycles. The molecule has 7 heteroatoms. The summed E-state index contributed by atoms with van der Waals surface area (Å²) in [5.74, 6) is 2.41. The molecule has 3 aliphatic carbocycles. The van der Waals surface area contributed by atoms with Gasteiger partial charge in [0.05, 0.1) is 18.9 Å². The number of amides is 2. The van der Waals surface area contributed by atoms with E-state index in [0.29, 0.717) is 23.5 Å². The fourth-order valence-electron chi connectivity index (χ4n) is 5.68. The van der Waals surface area contributed by atoms with Crippen molar-refractivity contribution in [1.29, 1.82) is 0 Å². The third kappa shape index (κ3) is 3.74. The van der Waals surface area contributed by atoms with Crippen LogP contribution in [0.4, 0.5) is 0 Å². The van der Waals surface area contributed by atoms with Gasteiger partial charge in [0, 0.05) is 36.8 Å². The second kappa shape index (κ2) is 8.19. The number of carbonyl (C=O) groups is 2. The lowest BCUT2D eigenvalue weighted by molar-refractivity contribution is -0.147. The number of rotatable bonds is 6. The Morgan fingerprint density at radius 1 is 1.34 bits per heavy atom. The van der Waals surface area contributed by atoms with Crippen LogP contribution >= 0.6 is 0 Å². The summed E-state index contributed by atoms with van der Waals surface area (Å²) in [6, 6.07) is 9.20. The van der Waals surface area contributed by atoms with Gasteiger partial charge in [-0.25, -0.2) is 0 Å². The van der Waals surface area contributed by atoms with Gasteiger partial charge in [-0.2, -0.15) is 0 Å². The van der Waals surface area contributed by atoms with Crippen molar-refractivity contribution in [3.05, 3.63) is 47.9 Å². The molecule has 3 fully saturated rings. The van der Waals surface area contributed by atoms with Gasteiger partial charge in [0.25, 0.3) is 5.91 Å². The van der Waals surface area contributed by atoms with Gasteiger partial charge >= 0.3 is 0 Å². The van der Waals surface area contributed by atoms with Crippen LogP contribution in [-0.4, -0.2) is 30.7 Å². The van der Waals surface area contributed by atoms with Crippen molar-refractivity contribution < 1.29 is 23.5 Å². The van der Waals surface area contributed by atoms with E-state index in [9.17, 15) is 9.59 Å². The van der Waals surface area contributed by atoms with E-state index in [1.807, 2.05) is 19.1 Å². The van der Waals surface area contributed by atoms with Gasteiger partial charge in [-0.3, -0.25) is 9.59 Å². The van der Waals surface area contributed by atoms with E-state index in [0.717, 1.165) is 37.9 Å². The van der Waals surface area contributed by atoms with Crippen LogP contribution in [0.1, 0.15) is 55.1 Å². The standard InChI is InChI=1S/C25H30N2O5/c1-15(5-8-18-4-3-11-31-18)26-23(28)21-12-17-7-6-16(21)14-25(17)27-24(29)20-10-9-19(30-2)13-22(20)32-25/h3-4,9-11,13,15-17,21H,5-8,12,14H2,1-2H3,(H,26,28)(H,27,29)/t15-,16-,17+,21-,25+/m1/s1. The minimum atomic E-state index is -0.735. The monoisotopic (exact) mass is 438 g/mol. The highest BCUT2D eigenvalue weighted by molar-refractivity contribution is 5.98. The van der Waals surface area contributed by atoms with Crippen molar-refractivity contribution in [1.82, 2.24) is 10.6 Å². The van der Waals surface area contributed by atoms with Gasteiger partial charge in [-0.1, -0.05) is 0 Å². The van der Waals surface area contributed by atoms with Crippen LogP contribution in [0.2, 0.25) is 0 Å². The zero-order chi connectivity index (χ0) is 22.3. The largest absolute Gasteiger partial charge is 0.497 e. The molecule has 2 amide bonds. The lowest BCUT2D eigenvalue weighted by atomic mass is 9.60. The molecule has 2 aromatic rings. The van der Waals surface area contributed by atoms with Gasteiger partial charge in [-0.05, 0) is 62.8 Å². The fourth-order valence-corrected chi connectivity index (χ4v) is 5.68. The average molecular weight is 439 g/mol. The zero-order valence-corrected chi connectivity index (χ0v) is 18.6. The second-order valence-corrected chi connectivity index (χ2v) is 9.42. The summed E-state index contributed by atoms with van der Waals surface area (Å²) < 4.78 is 17.1. The first-order valence-electron chi connectivity index (χ1n) is 11.5. The number of nitrogens with one attached hydrogen (secondary N) is 2. The van der Waals surface area contributed by atoms with Crippen molar-refractivity contribution in [2.24, 2.45) is 17.8 Å². The number of benzene rings is 1. The summed E-state index contributed by atoms with van der Waals surface area (Å²) in [6.07, 6.45) is 6.62. The Bertz CT molecular complexity index is 1000. The summed E-state index contributed by atoms with van der Waals surface area (Å²) in [5, 5.41) is 6.35. The van der Waals surface area contributed by atoms with Gasteiger partial charge in [0.15, 0.2) is 5.72 Å². The van der Waals surface area contributed by atoms with E-state index in [1.54, 1.807) is 31.6 Å². The van der Waals surface area contributed by atoms with Crippen molar-refractivity contribution in [3.63, 3.8) is 0 Å². The first-order chi connectivity index (χ1) is 15.5. The quantitative estimate of drug-likeness (QED) is 0.718. The maximum absolute atomic E-state index is 13.1. The topological polar surface area (TPSA) is 89.8 Å². The summed E-state index contributed by atoms with van der Waals surface area (Å²) in [7, 11) is 1.60. The molecule has 1 aromatic carbocycles. The minimum Gasteiger partial charge on any atom is -0.497 e. The molecule has 1 aliphatic heterocycles. The molecule has 0 unspecified atom stereocenters. The van der Waals surface area contributed by atoms with Crippen LogP contribution in [0.25, 0.3) is 0 Å². The number of fused-ring (bicyclic) bond motifs is 3. The molecule has 2 N–H and O–H groups in total. The molecule has 1 spiro atoms. The van der Waals surface area contributed by atoms with Gasteiger partial charge in [-0.15, -0.1) is 0 Å². The molecule has 170 valence electrons. The van der Waals surface area contributed by atoms with Crippen LogP contribution < -0.4 is 20.1 Å². The Kier molecular flexibility index (Phi) is 5.35. The molecule has 4 aliphatic rings. The molecule has 7 nitrogen and oxygen atoms in total. The Hall–Kier alpha value is -2.96. The van der Waals surface area contributed by atoms with Gasteiger partial charge in [0.2, 0.25) is 5.91 Å². The van der Waals surface area contributed by atoms with Crippen LogP contribution in [0, 0.1) is 17.8 Å². The number of hydrogen-bond acceptors (Lipinski definition) is 5. The number of methoxy groups -OCH3 is 1. The van der Waals surface area contributed by atoms with Crippen LogP contribution in [0.15, 0.2) is 41.0 Å². The van der Waals surface area contributed by atoms with E-state index < -0.39 is 5.72 Å². The van der Waals surface area contributed by atoms with Gasteiger partial charge < -0.3 is 24.5 Å². The number of carbonyl (C=O) groups excluding carboxylic acids is 2. The summed E-state index contributed by atoms with van der Waals surface area (Å²) >= 11 is 0. The highest BCUT2D eigenvalue weighted by atomic mass is 16.5. The number of aryl methyl sites for hydroxylation is 1. The summed E-state index contributed by atoms with van der Waals surface area (Å²) in [6.45, 7) is 2.04. The maximum Gasteiger partial charge on any atom is 0.258 e. The molecule has 0 radical (unpaired) electrons. The zero-order valence-electron chi connectivity index (χ0n) is 18.6. The van der Waals surface area contributed by atoms with E-state index in [-0.39, 0.29) is 35.6 Å². The van der Waals surface area contributed by atoms with Crippen LogP contribution in [-0.2, 0) is 11.2 Å². The van der Waals surface area contributed by atoms with Crippen molar-refractivity contribution in [3.8, 4) is 11.5 Å². The molecule has 2 bridgehead atoms. The molecule has 6 rings (SSSR count). The predicted molar refractivity (Wildman–Crippen MR) is 117 cm³/mol. The molecule has 0 saturated heterocycles. The average Bonchev–Trinajstić information content (AvgIpc) is 3.31. The number of hydrogen-bond donors (Lipinski definition) is 2. The summed E-state index contributed by atoms with van der Waals surface area (Å²) in [5.41, 5.74) is -0.210. The van der Waals surface area contributed by atoms with E-state index in [1.165, 1.54) is 0 Å². The summed E-state index contributed by atoms with van der Waals surface area (Å²) in [4.78, 5) is 25.9. The van der Waals surface area contributed by atoms with Crippen molar-refractivity contribution in [2.45, 2.75) is 57.2 Å². The normalized spacial score (nSPS) is 29.1. The lowest BCUT2D eigenvalue weighted by Gasteiger charge is -2.55. The SMILES string of the molecule is COc1ccc2c(c1)O[C@]1(C[C@H]3CC[C@H]1C[C@H]3C(=O)N[C@H](C)CCc1ccco1)NC2=O. The highest BCUT2D eigenvalue weighted by Gasteiger charge is 2.57. The third-order valence-corrected chi connectivity index (χ3v) is 7.40. The molecule has 32 heavy (non-hydrogen) atoms. The lowest BCUT2D eigenvalue weighted by Crippen LogP contribution is -2.67. The minimum absolute atomic E-state index is 0.0438. The Morgan fingerprint density at radius 2 is 2.22 bits per heavy atom. The van der Waals surface area contributed by atoms with Crippen molar-refractivity contribution in [2.75, 3.05) is 7.11 Å². The van der Waals surface area contributed by atoms with E-state index >= 15 is 0 Å². The van der Waals surface area contributed by atoms with Crippen molar-refractivity contribution >= 4 is 11.8 Å². The number of ether oxygens (including phenoxy) is 2. The molecule has 3 saturated carbocycles. The Labute approximate surface area is 187 Å². The Morgan fingerprint density at radius 3 is 2.94 bits per heavy atom. The first-order valence-corrected chi connectivity index (χ1v) is 11.5. The molecule has 5 atom stereocenters. The molecular formula is C25H30N2O5. The predicted octanol–water partition coefficient (Wildman–Crippen LogP) is 3.68. The van der Waals surface area contributed by atoms with Crippen LogP contribution in [0.5, 0.6) is 11.5 Å². The highest BCUT2D eigenvalue weighted by Crippen LogP contribution is 2.52. The third-order valence-electron chi connectivity index (χ3n) is 7.40. The Balaban J connectivity index is 1.25. The second-order valence-electron chi connectivity index (χ2n) is 9.42.